The van der Waals surface area contributed by atoms with Crippen LogP contribution in [0.3, 0.4) is 0 Å². The van der Waals surface area contributed by atoms with Crippen molar-refractivity contribution in [2.45, 2.75) is 47.5 Å². The molecule has 0 heterocycles. The molecule has 3 amide bonds. The number of amides is 3. The van der Waals surface area contributed by atoms with Crippen molar-refractivity contribution in [1.29, 1.82) is 0 Å². The van der Waals surface area contributed by atoms with Crippen molar-refractivity contribution in [2.75, 3.05) is 18.4 Å². The highest BCUT2D eigenvalue weighted by Gasteiger charge is 2.09. The molecule has 128 valence electrons. The Labute approximate surface area is 139 Å². The van der Waals surface area contributed by atoms with Gasteiger partial charge in [-0.05, 0) is 50.7 Å². The largest absolute Gasteiger partial charge is 0.338 e. The Hall–Kier alpha value is -2.04. The molecule has 0 fully saturated rings. The molecule has 0 spiro atoms. The zero-order valence-electron chi connectivity index (χ0n) is 14.9. The summed E-state index contributed by atoms with van der Waals surface area (Å²) in [5, 5.41) is 8.20. The molecule has 1 aromatic rings. The van der Waals surface area contributed by atoms with Crippen LogP contribution in [0.15, 0.2) is 12.1 Å². The SMILES string of the molecule is Cc1cc(C)c(NC(=O)CNC(=O)NCCCC(C)C)c(C)c1. The predicted molar refractivity (Wildman–Crippen MR) is 94.8 cm³/mol. The molecule has 0 unspecified atom stereocenters. The summed E-state index contributed by atoms with van der Waals surface area (Å²) >= 11 is 0. The molecule has 0 bridgehead atoms. The average Bonchev–Trinajstić information content (AvgIpc) is 2.45. The van der Waals surface area contributed by atoms with E-state index >= 15 is 0 Å². The quantitative estimate of drug-likeness (QED) is 0.675. The van der Waals surface area contributed by atoms with Crippen molar-refractivity contribution < 1.29 is 9.59 Å². The minimum absolute atomic E-state index is 0.0389. The Morgan fingerprint density at radius 2 is 1.65 bits per heavy atom. The van der Waals surface area contributed by atoms with Crippen LogP contribution >= 0.6 is 0 Å². The fraction of sp³-hybridized carbons (Fsp3) is 0.556. The van der Waals surface area contributed by atoms with Crippen molar-refractivity contribution in [3.63, 3.8) is 0 Å². The smallest absolute Gasteiger partial charge is 0.315 e. The lowest BCUT2D eigenvalue weighted by atomic mass is 10.1. The summed E-state index contributed by atoms with van der Waals surface area (Å²) in [5.41, 5.74) is 4.03. The molecule has 0 aromatic heterocycles. The fourth-order valence-electron chi connectivity index (χ4n) is 2.50. The van der Waals surface area contributed by atoms with Gasteiger partial charge >= 0.3 is 6.03 Å². The minimum Gasteiger partial charge on any atom is -0.338 e. The first-order valence-corrected chi connectivity index (χ1v) is 8.19. The standard InChI is InChI=1S/C18H29N3O2/c1-12(2)7-6-8-19-18(23)20-11-16(22)21-17-14(4)9-13(3)10-15(17)5/h9-10,12H,6-8,11H2,1-5H3,(H,21,22)(H2,19,20,23). The number of carbonyl (C=O) groups excluding carboxylic acids is 2. The fourth-order valence-corrected chi connectivity index (χ4v) is 2.50. The van der Waals surface area contributed by atoms with Crippen LogP contribution in [-0.4, -0.2) is 25.0 Å². The number of anilines is 1. The number of aryl methyl sites for hydroxylation is 3. The molecule has 0 aliphatic rings. The van der Waals surface area contributed by atoms with Gasteiger partial charge in [-0.1, -0.05) is 31.5 Å². The Balaban J connectivity index is 2.36. The number of nitrogens with one attached hydrogen (secondary N) is 3. The van der Waals surface area contributed by atoms with E-state index in [1.807, 2.05) is 32.9 Å². The number of urea groups is 1. The van der Waals surface area contributed by atoms with Gasteiger partial charge in [-0.3, -0.25) is 4.79 Å². The van der Waals surface area contributed by atoms with E-state index in [1.54, 1.807) is 0 Å². The highest BCUT2D eigenvalue weighted by Crippen LogP contribution is 2.21. The predicted octanol–water partition coefficient (Wildman–Crippen LogP) is 3.29. The molecule has 3 N–H and O–H groups in total. The number of hydrogen-bond acceptors (Lipinski definition) is 2. The van der Waals surface area contributed by atoms with Gasteiger partial charge in [0.1, 0.15) is 0 Å². The summed E-state index contributed by atoms with van der Waals surface area (Å²) in [7, 11) is 0. The monoisotopic (exact) mass is 319 g/mol. The van der Waals surface area contributed by atoms with Gasteiger partial charge in [-0.25, -0.2) is 4.79 Å². The maximum Gasteiger partial charge on any atom is 0.315 e. The zero-order chi connectivity index (χ0) is 17.4. The van der Waals surface area contributed by atoms with E-state index < -0.39 is 0 Å². The van der Waals surface area contributed by atoms with Gasteiger partial charge in [0.25, 0.3) is 0 Å². The molecular weight excluding hydrogens is 290 g/mol. The van der Waals surface area contributed by atoms with Crippen LogP contribution in [0.5, 0.6) is 0 Å². The number of hydrogen-bond donors (Lipinski definition) is 3. The van der Waals surface area contributed by atoms with Crippen LogP contribution in [0, 0.1) is 26.7 Å². The van der Waals surface area contributed by atoms with Crippen molar-refractivity contribution in [1.82, 2.24) is 10.6 Å². The molecule has 0 saturated carbocycles. The van der Waals surface area contributed by atoms with E-state index in [-0.39, 0.29) is 18.5 Å². The second-order valence-electron chi connectivity index (χ2n) is 6.47. The van der Waals surface area contributed by atoms with E-state index in [4.69, 9.17) is 0 Å². The molecule has 5 nitrogen and oxygen atoms in total. The molecule has 5 heteroatoms. The Morgan fingerprint density at radius 1 is 1.04 bits per heavy atom. The molecule has 1 aromatic carbocycles. The summed E-state index contributed by atoms with van der Waals surface area (Å²) in [6, 6.07) is 3.75. The van der Waals surface area contributed by atoms with E-state index in [2.05, 4.69) is 29.8 Å². The number of benzene rings is 1. The van der Waals surface area contributed by atoms with E-state index in [1.165, 1.54) is 0 Å². The highest BCUT2D eigenvalue weighted by molar-refractivity contribution is 5.95. The van der Waals surface area contributed by atoms with E-state index in [9.17, 15) is 9.59 Å². The van der Waals surface area contributed by atoms with Gasteiger partial charge in [0.05, 0.1) is 6.54 Å². The van der Waals surface area contributed by atoms with Crippen molar-refractivity contribution in [2.24, 2.45) is 5.92 Å². The third kappa shape index (κ3) is 7.17. The second kappa shape index (κ2) is 9.18. The molecule has 0 radical (unpaired) electrons. The average molecular weight is 319 g/mol. The zero-order valence-corrected chi connectivity index (χ0v) is 14.9. The first-order chi connectivity index (χ1) is 10.8. The Kier molecular flexibility index (Phi) is 7.59. The lowest BCUT2D eigenvalue weighted by molar-refractivity contribution is -0.115. The van der Waals surface area contributed by atoms with Gasteiger partial charge < -0.3 is 16.0 Å². The lowest BCUT2D eigenvalue weighted by Crippen LogP contribution is -2.40. The second-order valence-corrected chi connectivity index (χ2v) is 6.47. The lowest BCUT2D eigenvalue weighted by Gasteiger charge is -2.13. The Morgan fingerprint density at radius 3 is 2.22 bits per heavy atom. The number of carbonyl (C=O) groups is 2. The van der Waals surface area contributed by atoms with Crippen molar-refractivity contribution >= 4 is 17.6 Å². The van der Waals surface area contributed by atoms with Crippen LogP contribution in [0.2, 0.25) is 0 Å². The van der Waals surface area contributed by atoms with Crippen molar-refractivity contribution in [3.05, 3.63) is 28.8 Å². The molecule has 0 saturated heterocycles. The van der Waals surface area contributed by atoms with Crippen LogP contribution < -0.4 is 16.0 Å². The summed E-state index contributed by atoms with van der Waals surface area (Å²) < 4.78 is 0. The minimum atomic E-state index is -0.304. The summed E-state index contributed by atoms with van der Waals surface area (Å²) in [5.74, 6) is 0.406. The molecule has 23 heavy (non-hydrogen) atoms. The van der Waals surface area contributed by atoms with Crippen molar-refractivity contribution in [3.8, 4) is 0 Å². The maximum atomic E-state index is 12.0. The van der Waals surface area contributed by atoms with E-state index in [0.717, 1.165) is 35.2 Å². The van der Waals surface area contributed by atoms with Gasteiger partial charge in [-0.15, -0.1) is 0 Å². The van der Waals surface area contributed by atoms with Gasteiger partial charge in [0.15, 0.2) is 0 Å². The molecule has 0 atom stereocenters. The van der Waals surface area contributed by atoms with Gasteiger partial charge in [0, 0.05) is 12.2 Å². The van der Waals surface area contributed by atoms with Gasteiger partial charge in [0.2, 0.25) is 5.91 Å². The molecule has 0 aliphatic heterocycles. The molecule has 0 aliphatic carbocycles. The maximum absolute atomic E-state index is 12.0. The summed E-state index contributed by atoms with van der Waals surface area (Å²) in [6.07, 6.45) is 2.02. The summed E-state index contributed by atoms with van der Waals surface area (Å²) in [6.45, 7) is 10.8. The van der Waals surface area contributed by atoms with Crippen LogP contribution in [0.25, 0.3) is 0 Å². The number of rotatable bonds is 7. The van der Waals surface area contributed by atoms with Gasteiger partial charge in [-0.2, -0.15) is 0 Å². The summed E-state index contributed by atoms with van der Waals surface area (Å²) in [4.78, 5) is 23.6. The highest BCUT2D eigenvalue weighted by atomic mass is 16.2. The van der Waals surface area contributed by atoms with Crippen LogP contribution in [0.4, 0.5) is 10.5 Å². The third-order valence-electron chi connectivity index (χ3n) is 3.59. The normalized spacial score (nSPS) is 10.5. The first kappa shape index (κ1) is 19.0. The Bertz CT molecular complexity index is 530. The van der Waals surface area contributed by atoms with Crippen LogP contribution in [0.1, 0.15) is 43.4 Å². The van der Waals surface area contributed by atoms with Crippen LogP contribution in [-0.2, 0) is 4.79 Å². The third-order valence-corrected chi connectivity index (χ3v) is 3.59. The molecule has 1 rings (SSSR count). The molecular formula is C18H29N3O2. The topological polar surface area (TPSA) is 70.2 Å². The first-order valence-electron chi connectivity index (χ1n) is 8.19. The van der Waals surface area contributed by atoms with E-state index in [0.29, 0.717) is 12.5 Å².